The van der Waals surface area contributed by atoms with Crippen LogP contribution in [0.25, 0.3) is 0 Å². The molecule has 0 aliphatic heterocycles. The van der Waals surface area contributed by atoms with E-state index in [0.717, 1.165) is 21.0 Å². The highest BCUT2D eigenvalue weighted by Crippen LogP contribution is 2.33. The van der Waals surface area contributed by atoms with Crippen molar-refractivity contribution >= 4 is 29.0 Å². The SMILES string of the molecule is O=C(Cc1ccc([N+](=O)[O-])cc1)Nc1ccccc1Sc1ccccc1. The summed E-state index contributed by atoms with van der Waals surface area (Å²) in [7, 11) is 0. The van der Waals surface area contributed by atoms with Crippen LogP contribution in [0.5, 0.6) is 0 Å². The Morgan fingerprint density at radius 3 is 2.27 bits per heavy atom. The van der Waals surface area contributed by atoms with Crippen LogP contribution in [0.15, 0.2) is 88.7 Å². The molecule has 1 amide bonds. The number of para-hydroxylation sites is 1. The van der Waals surface area contributed by atoms with Crippen molar-refractivity contribution in [3.8, 4) is 0 Å². The van der Waals surface area contributed by atoms with E-state index in [1.807, 2.05) is 54.6 Å². The van der Waals surface area contributed by atoms with Gasteiger partial charge in [0.05, 0.1) is 17.0 Å². The van der Waals surface area contributed by atoms with Gasteiger partial charge in [-0.05, 0) is 29.8 Å². The molecular formula is C20H16N2O3S. The van der Waals surface area contributed by atoms with Gasteiger partial charge in [0, 0.05) is 21.9 Å². The fraction of sp³-hybridized carbons (Fsp3) is 0.0500. The second-order valence-electron chi connectivity index (χ2n) is 5.56. The van der Waals surface area contributed by atoms with Gasteiger partial charge in [-0.2, -0.15) is 0 Å². The monoisotopic (exact) mass is 364 g/mol. The summed E-state index contributed by atoms with van der Waals surface area (Å²) in [5, 5.41) is 13.6. The van der Waals surface area contributed by atoms with Crippen LogP contribution >= 0.6 is 11.8 Å². The third-order valence-electron chi connectivity index (χ3n) is 3.64. The van der Waals surface area contributed by atoms with Crippen LogP contribution in [-0.4, -0.2) is 10.8 Å². The number of nitrogens with zero attached hydrogens (tertiary/aromatic N) is 1. The predicted molar refractivity (Wildman–Crippen MR) is 102 cm³/mol. The summed E-state index contributed by atoms with van der Waals surface area (Å²) in [5.74, 6) is -0.167. The van der Waals surface area contributed by atoms with Gasteiger partial charge in [0.1, 0.15) is 0 Å². The molecule has 0 unspecified atom stereocenters. The Morgan fingerprint density at radius 1 is 0.923 bits per heavy atom. The molecule has 3 rings (SSSR count). The highest BCUT2D eigenvalue weighted by Gasteiger charge is 2.10. The van der Waals surface area contributed by atoms with Crippen molar-refractivity contribution in [2.75, 3.05) is 5.32 Å². The van der Waals surface area contributed by atoms with Crippen molar-refractivity contribution in [1.82, 2.24) is 0 Å². The molecule has 3 aromatic carbocycles. The molecule has 0 aliphatic rings. The average Bonchev–Trinajstić information content (AvgIpc) is 2.64. The molecule has 0 bridgehead atoms. The first-order valence-electron chi connectivity index (χ1n) is 7.97. The third-order valence-corrected chi connectivity index (χ3v) is 4.73. The van der Waals surface area contributed by atoms with Crippen LogP contribution in [0.1, 0.15) is 5.56 Å². The Morgan fingerprint density at radius 2 is 1.58 bits per heavy atom. The number of rotatable bonds is 6. The van der Waals surface area contributed by atoms with E-state index in [-0.39, 0.29) is 18.0 Å². The molecule has 5 nitrogen and oxygen atoms in total. The number of hydrogen-bond donors (Lipinski definition) is 1. The summed E-state index contributed by atoms with van der Waals surface area (Å²) < 4.78 is 0. The van der Waals surface area contributed by atoms with E-state index in [4.69, 9.17) is 0 Å². The number of nitro groups is 1. The first kappa shape index (κ1) is 17.7. The molecule has 0 radical (unpaired) electrons. The molecule has 0 atom stereocenters. The Hall–Kier alpha value is -3.12. The van der Waals surface area contributed by atoms with Crippen LogP contribution in [0.3, 0.4) is 0 Å². The quantitative estimate of drug-likeness (QED) is 0.497. The first-order valence-corrected chi connectivity index (χ1v) is 8.78. The number of anilines is 1. The normalized spacial score (nSPS) is 10.3. The number of hydrogen-bond acceptors (Lipinski definition) is 4. The maximum absolute atomic E-state index is 12.4. The molecule has 0 saturated carbocycles. The Labute approximate surface area is 155 Å². The minimum absolute atomic E-state index is 0.0127. The lowest BCUT2D eigenvalue weighted by Crippen LogP contribution is -2.14. The van der Waals surface area contributed by atoms with E-state index in [2.05, 4.69) is 5.32 Å². The Bertz CT molecular complexity index is 912. The van der Waals surface area contributed by atoms with Gasteiger partial charge in [-0.25, -0.2) is 0 Å². The maximum Gasteiger partial charge on any atom is 0.269 e. The van der Waals surface area contributed by atoms with Gasteiger partial charge in [0.15, 0.2) is 0 Å². The van der Waals surface area contributed by atoms with E-state index in [1.165, 1.54) is 12.1 Å². The van der Waals surface area contributed by atoms with Crippen molar-refractivity contribution < 1.29 is 9.72 Å². The third kappa shape index (κ3) is 4.70. The zero-order valence-electron chi connectivity index (χ0n) is 13.8. The molecule has 0 fully saturated rings. The molecule has 0 aliphatic carbocycles. The van der Waals surface area contributed by atoms with E-state index >= 15 is 0 Å². The zero-order chi connectivity index (χ0) is 18.4. The van der Waals surface area contributed by atoms with E-state index in [1.54, 1.807) is 23.9 Å². The van der Waals surface area contributed by atoms with Gasteiger partial charge >= 0.3 is 0 Å². The number of carbonyl (C=O) groups excluding carboxylic acids is 1. The van der Waals surface area contributed by atoms with Crippen LogP contribution in [0.2, 0.25) is 0 Å². The predicted octanol–water partition coefficient (Wildman–Crippen LogP) is 4.93. The van der Waals surface area contributed by atoms with Crippen LogP contribution in [0.4, 0.5) is 11.4 Å². The number of amides is 1. The van der Waals surface area contributed by atoms with E-state index < -0.39 is 4.92 Å². The van der Waals surface area contributed by atoms with Gasteiger partial charge in [-0.15, -0.1) is 0 Å². The number of benzene rings is 3. The molecule has 26 heavy (non-hydrogen) atoms. The van der Waals surface area contributed by atoms with Crippen molar-refractivity contribution in [3.05, 3.63) is 94.5 Å². The fourth-order valence-electron chi connectivity index (χ4n) is 2.39. The fourth-order valence-corrected chi connectivity index (χ4v) is 3.31. The van der Waals surface area contributed by atoms with Gasteiger partial charge in [0.2, 0.25) is 5.91 Å². The highest BCUT2D eigenvalue weighted by atomic mass is 32.2. The van der Waals surface area contributed by atoms with Gasteiger partial charge in [0.25, 0.3) is 5.69 Å². The summed E-state index contributed by atoms with van der Waals surface area (Å²) >= 11 is 1.58. The molecule has 6 heteroatoms. The lowest BCUT2D eigenvalue weighted by Gasteiger charge is -2.11. The van der Waals surface area contributed by atoms with E-state index in [9.17, 15) is 14.9 Å². The van der Waals surface area contributed by atoms with Crippen molar-refractivity contribution in [2.45, 2.75) is 16.2 Å². The molecule has 0 spiro atoms. The van der Waals surface area contributed by atoms with E-state index in [0.29, 0.717) is 0 Å². The summed E-state index contributed by atoms with van der Waals surface area (Å²) in [6.45, 7) is 0. The summed E-state index contributed by atoms with van der Waals surface area (Å²) in [6, 6.07) is 23.6. The van der Waals surface area contributed by atoms with Crippen molar-refractivity contribution in [3.63, 3.8) is 0 Å². The summed E-state index contributed by atoms with van der Waals surface area (Å²) in [6.07, 6.45) is 0.155. The summed E-state index contributed by atoms with van der Waals surface area (Å²) in [5.41, 5.74) is 1.48. The van der Waals surface area contributed by atoms with Crippen molar-refractivity contribution in [2.24, 2.45) is 0 Å². The van der Waals surface area contributed by atoms with Crippen LogP contribution in [-0.2, 0) is 11.2 Å². The topological polar surface area (TPSA) is 72.2 Å². The molecule has 0 heterocycles. The molecule has 3 aromatic rings. The molecule has 0 saturated heterocycles. The minimum Gasteiger partial charge on any atom is -0.325 e. The molecule has 130 valence electrons. The minimum atomic E-state index is -0.457. The Kier molecular flexibility index (Phi) is 5.66. The summed E-state index contributed by atoms with van der Waals surface area (Å²) in [4.78, 5) is 24.6. The second-order valence-corrected chi connectivity index (χ2v) is 6.68. The largest absolute Gasteiger partial charge is 0.325 e. The van der Waals surface area contributed by atoms with Crippen molar-refractivity contribution in [1.29, 1.82) is 0 Å². The molecular weight excluding hydrogens is 348 g/mol. The lowest BCUT2D eigenvalue weighted by atomic mass is 10.1. The lowest BCUT2D eigenvalue weighted by molar-refractivity contribution is -0.384. The van der Waals surface area contributed by atoms with Gasteiger partial charge < -0.3 is 5.32 Å². The second kappa shape index (κ2) is 8.31. The smallest absolute Gasteiger partial charge is 0.269 e. The first-order chi connectivity index (χ1) is 12.6. The average molecular weight is 364 g/mol. The Balaban J connectivity index is 1.68. The van der Waals surface area contributed by atoms with Crippen LogP contribution < -0.4 is 5.32 Å². The number of nitro benzene ring substituents is 1. The standard InChI is InChI=1S/C20H16N2O3S/c23-20(14-15-10-12-16(13-11-15)22(24)25)21-18-8-4-5-9-19(18)26-17-6-2-1-3-7-17/h1-13H,14H2,(H,21,23). The van der Waals surface area contributed by atoms with Crippen LogP contribution in [0, 0.1) is 10.1 Å². The zero-order valence-corrected chi connectivity index (χ0v) is 14.6. The van der Waals surface area contributed by atoms with Gasteiger partial charge in [-0.1, -0.05) is 54.2 Å². The maximum atomic E-state index is 12.4. The number of nitrogens with one attached hydrogen (secondary N) is 1. The molecule has 0 aromatic heterocycles. The van der Waals surface area contributed by atoms with Gasteiger partial charge in [-0.3, -0.25) is 14.9 Å². The number of non-ortho nitro benzene ring substituents is 1. The number of carbonyl (C=O) groups is 1. The molecule has 1 N–H and O–H groups in total. The highest BCUT2D eigenvalue weighted by molar-refractivity contribution is 7.99.